The van der Waals surface area contributed by atoms with E-state index in [1.54, 1.807) is 0 Å². The molecule has 2 aromatic carbocycles. The van der Waals surface area contributed by atoms with Crippen LogP contribution in [0.15, 0.2) is 42.5 Å². The summed E-state index contributed by atoms with van der Waals surface area (Å²) in [5, 5.41) is 17.9. The van der Waals surface area contributed by atoms with E-state index in [9.17, 15) is 0 Å². The maximum absolute atomic E-state index is 8.64. The van der Waals surface area contributed by atoms with Gasteiger partial charge in [0, 0.05) is 13.1 Å². The largest absolute Gasteiger partial charge is 0.395 e. The molecule has 0 saturated carbocycles. The number of benzene rings is 2. The summed E-state index contributed by atoms with van der Waals surface area (Å²) in [5.41, 5.74) is 1.35. The smallest absolute Gasteiger partial charge is 0.0555 e. The highest BCUT2D eigenvalue weighted by atomic mass is 35.5. The molecule has 21 heavy (non-hydrogen) atoms. The van der Waals surface area contributed by atoms with Gasteiger partial charge in [0.25, 0.3) is 0 Å². The van der Waals surface area contributed by atoms with Crippen LogP contribution < -0.4 is 10.6 Å². The number of aliphatic hydroxyl groups is 1. The molecular formula is C16H24Cl2N2O. The SMILES string of the molecule is Cl.Cl.OCCNCCCNCc1cccc2ccccc12. The number of fused-ring (bicyclic) bond motifs is 1. The molecule has 0 spiro atoms. The van der Waals surface area contributed by atoms with Gasteiger partial charge in [0.2, 0.25) is 0 Å². The van der Waals surface area contributed by atoms with Gasteiger partial charge in [-0.3, -0.25) is 0 Å². The molecule has 0 aromatic heterocycles. The fourth-order valence-corrected chi connectivity index (χ4v) is 2.21. The molecule has 0 fully saturated rings. The summed E-state index contributed by atoms with van der Waals surface area (Å²) >= 11 is 0. The molecular weight excluding hydrogens is 307 g/mol. The molecule has 5 heteroatoms. The lowest BCUT2D eigenvalue weighted by atomic mass is 10.0. The summed E-state index contributed by atoms with van der Waals surface area (Å²) < 4.78 is 0. The Hall–Kier alpha value is -0.840. The third-order valence-electron chi connectivity index (χ3n) is 3.19. The van der Waals surface area contributed by atoms with Crippen molar-refractivity contribution in [1.82, 2.24) is 10.6 Å². The van der Waals surface area contributed by atoms with Crippen LogP contribution in [0.25, 0.3) is 10.8 Å². The van der Waals surface area contributed by atoms with E-state index in [1.165, 1.54) is 16.3 Å². The highest BCUT2D eigenvalue weighted by Crippen LogP contribution is 2.17. The summed E-state index contributed by atoms with van der Waals surface area (Å²) in [7, 11) is 0. The van der Waals surface area contributed by atoms with Crippen LogP contribution in [0.4, 0.5) is 0 Å². The Kier molecular flexibility index (Phi) is 11.3. The van der Waals surface area contributed by atoms with Crippen LogP contribution in [-0.4, -0.2) is 31.3 Å². The van der Waals surface area contributed by atoms with Crippen LogP contribution in [0.3, 0.4) is 0 Å². The highest BCUT2D eigenvalue weighted by molar-refractivity contribution is 5.86. The minimum absolute atomic E-state index is 0. The van der Waals surface area contributed by atoms with Crippen LogP contribution in [0, 0.1) is 0 Å². The Labute approximate surface area is 139 Å². The summed E-state index contributed by atoms with van der Waals surface area (Å²) in [4.78, 5) is 0. The third kappa shape index (κ3) is 6.64. The van der Waals surface area contributed by atoms with E-state index in [-0.39, 0.29) is 31.4 Å². The predicted octanol–water partition coefficient (Wildman–Crippen LogP) is 2.75. The Bertz CT molecular complexity index is 503. The van der Waals surface area contributed by atoms with Gasteiger partial charge in [-0.2, -0.15) is 0 Å². The van der Waals surface area contributed by atoms with Crippen molar-refractivity contribution < 1.29 is 5.11 Å². The molecule has 0 radical (unpaired) electrons. The zero-order chi connectivity index (χ0) is 13.3. The topological polar surface area (TPSA) is 44.3 Å². The lowest BCUT2D eigenvalue weighted by Gasteiger charge is -2.08. The first-order valence-corrected chi connectivity index (χ1v) is 6.91. The molecule has 0 bridgehead atoms. The van der Waals surface area contributed by atoms with Gasteiger partial charge in [-0.1, -0.05) is 42.5 Å². The molecule has 0 atom stereocenters. The number of hydrogen-bond acceptors (Lipinski definition) is 3. The van der Waals surface area contributed by atoms with E-state index >= 15 is 0 Å². The summed E-state index contributed by atoms with van der Waals surface area (Å²) in [6.45, 7) is 3.73. The minimum Gasteiger partial charge on any atom is -0.395 e. The Morgan fingerprint density at radius 1 is 0.810 bits per heavy atom. The molecule has 0 unspecified atom stereocenters. The van der Waals surface area contributed by atoms with Crippen molar-refractivity contribution in [2.45, 2.75) is 13.0 Å². The van der Waals surface area contributed by atoms with Gasteiger partial charge in [-0.25, -0.2) is 0 Å². The molecule has 0 aliphatic rings. The van der Waals surface area contributed by atoms with Crippen molar-refractivity contribution in [3.63, 3.8) is 0 Å². The average Bonchev–Trinajstić information content (AvgIpc) is 2.46. The van der Waals surface area contributed by atoms with Crippen LogP contribution in [0.1, 0.15) is 12.0 Å². The van der Waals surface area contributed by atoms with Gasteiger partial charge < -0.3 is 15.7 Å². The van der Waals surface area contributed by atoms with Crippen molar-refractivity contribution in [3.05, 3.63) is 48.0 Å². The van der Waals surface area contributed by atoms with E-state index in [2.05, 4.69) is 53.1 Å². The molecule has 0 heterocycles. The second-order valence-electron chi connectivity index (χ2n) is 4.64. The summed E-state index contributed by atoms with van der Waals surface area (Å²) in [6, 6.07) is 14.9. The standard InChI is InChI=1S/C16H22N2O.2ClH/c19-12-11-17-9-4-10-18-13-15-7-3-6-14-5-1-2-8-16(14)15;;/h1-3,5-8,17-19H,4,9-13H2;2*1H. The Morgan fingerprint density at radius 3 is 2.33 bits per heavy atom. The fourth-order valence-electron chi connectivity index (χ4n) is 2.21. The molecule has 2 aromatic rings. The third-order valence-corrected chi connectivity index (χ3v) is 3.19. The molecule has 0 saturated heterocycles. The second-order valence-corrected chi connectivity index (χ2v) is 4.64. The van der Waals surface area contributed by atoms with Crippen LogP contribution >= 0.6 is 24.8 Å². The van der Waals surface area contributed by atoms with Crippen molar-refractivity contribution in [2.24, 2.45) is 0 Å². The van der Waals surface area contributed by atoms with Gasteiger partial charge in [-0.15, -0.1) is 24.8 Å². The van der Waals surface area contributed by atoms with Gasteiger partial charge in [0.15, 0.2) is 0 Å². The van der Waals surface area contributed by atoms with Crippen molar-refractivity contribution in [3.8, 4) is 0 Å². The van der Waals surface area contributed by atoms with E-state index in [0.717, 1.165) is 26.1 Å². The van der Waals surface area contributed by atoms with Crippen LogP contribution in [-0.2, 0) is 6.54 Å². The highest BCUT2D eigenvalue weighted by Gasteiger charge is 1.99. The molecule has 0 aliphatic heterocycles. The Balaban J connectivity index is 0.00000200. The first-order valence-electron chi connectivity index (χ1n) is 6.91. The zero-order valence-electron chi connectivity index (χ0n) is 12.0. The Morgan fingerprint density at radius 2 is 1.52 bits per heavy atom. The maximum atomic E-state index is 8.64. The van der Waals surface area contributed by atoms with E-state index in [4.69, 9.17) is 5.11 Å². The molecule has 3 N–H and O–H groups in total. The second kappa shape index (κ2) is 11.8. The van der Waals surface area contributed by atoms with E-state index < -0.39 is 0 Å². The molecule has 3 nitrogen and oxygen atoms in total. The maximum Gasteiger partial charge on any atom is 0.0555 e. The lowest BCUT2D eigenvalue weighted by Crippen LogP contribution is -2.23. The normalized spacial score (nSPS) is 9.95. The minimum atomic E-state index is 0. The van der Waals surface area contributed by atoms with Gasteiger partial charge >= 0.3 is 0 Å². The predicted molar refractivity (Wildman–Crippen MR) is 94.7 cm³/mol. The fraction of sp³-hybridized carbons (Fsp3) is 0.375. The number of hydrogen-bond donors (Lipinski definition) is 3. The lowest BCUT2D eigenvalue weighted by molar-refractivity contribution is 0.292. The van der Waals surface area contributed by atoms with Crippen molar-refractivity contribution in [2.75, 3.05) is 26.2 Å². The van der Waals surface area contributed by atoms with E-state index in [0.29, 0.717) is 6.54 Å². The molecule has 118 valence electrons. The van der Waals surface area contributed by atoms with Crippen molar-refractivity contribution in [1.29, 1.82) is 0 Å². The summed E-state index contributed by atoms with van der Waals surface area (Å²) in [6.07, 6.45) is 1.07. The molecule has 0 amide bonds. The molecule has 2 rings (SSSR count). The van der Waals surface area contributed by atoms with Crippen molar-refractivity contribution >= 4 is 35.6 Å². The number of rotatable bonds is 8. The van der Waals surface area contributed by atoms with Gasteiger partial charge in [0.05, 0.1) is 6.61 Å². The first-order chi connectivity index (χ1) is 9.42. The number of halogens is 2. The first kappa shape index (κ1) is 20.2. The summed E-state index contributed by atoms with van der Waals surface area (Å²) in [5.74, 6) is 0. The average molecular weight is 331 g/mol. The molecule has 0 aliphatic carbocycles. The van der Waals surface area contributed by atoms with Crippen LogP contribution in [0.2, 0.25) is 0 Å². The number of nitrogens with one attached hydrogen (secondary N) is 2. The van der Waals surface area contributed by atoms with Gasteiger partial charge in [-0.05, 0) is 35.8 Å². The van der Waals surface area contributed by atoms with Crippen LogP contribution in [0.5, 0.6) is 0 Å². The zero-order valence-corrected chi connectivity index (χ0v) is 13.7. The van der Waals surface area contributed by atoms with Gasteiger partial charge in [0.1, 0.15) is 0 Å². The van der Waals surface area contributed by atoms with E-state index in [1.807, 2.05) is 0 Å². The monoisotopic (exact) mass is 330 g/mol. The number of aliphatic hydroxyl groups excluding tert-OH is 1. The quantitative estimate of drug-likeness (QED) is 0.652.